The maximum atomic E-state index is 12.4. The molecule has 0 aliphatic rings. The third-order valence-corrected chi connectivity index (χ3v) is 3.39. The number of hydrogen-bond acceptors (Lipinski definition) is 3. The Bertz CT molecular complexity index is 673. The van der Waals surface area contributed by atoms with E-state index < -0.39 is 0 Å². The number of fused-ring (bicyclic) bond motifs is 1. The fraction of sp³-hybridized carbons (Fsp3) is 0.438. The first-order valence-electron chi connectivity index (χ1n) is 7.39. The van der Waals surface area contributed by atoms with Crippen molar-refractivity contribution in [1.82, 2.24) is 14.5 Å². The molecule has 1 heterocycles. The number of amides is 1. The van der Waals surface area contributed by atoms with Crippen molar-refractivity contribution in [3.8, 4) is 0 Å². The first kappa shape index (κ1) is 15.2. The van der Waals surface area contributed by atoms with Crippen LogP contribution in [0.4, 0.5) is 0 Å². The third kappa shape index (κ3) is 3.48. The number of benzene rings is 1. The number of rotatable bonds is 6. The maximum absolute atomic E-state index is 12.4. The first-order chi connectivity index (χ1) is 10.2. The number of hydrogen-bond donors (Lipinski definition) is 0. The molecule has 1 aromatic carbocycles. The molecule has 0 saturated carbocycles. The SMILES string of the molecule is CCCN(CCC)C(=O)Cn1c(=O)cnc2ccccc21. The quantitative estimate of drug-likeness (QED) is 0.817. The van der Waals surface area contributed by atoms with Gasteiger partial charge in [-0.3, -0.25) is 14.2 Å². The molecule has 0 unspecified atom stereocenters. The summed E-state index contributed by atoms with van der Waals surface area (Å²) < 4.78 is 1.50. The van der Waals surface area contributed by atoms with Crippen molar-refractivity contribution >= 4 is 16.9 Å². The Morgan fingerprint density at radius 2 is 1.86 bits per heavy atom. The summed E-state index contributed by atoms with van der Waals surface area (Å²) in [7, 11) is 0. The molecule has 21 heavy (non-hydrogen) atoms. The van der Waals surface area contributed by atoms with Crippen LogP contribution < -0.4 is 5.56 Å². The lowest BCUT2D eigenvalue weighted by atomic mass is 10.3. The Labute approximate surface area is 124 Å². The monoisotopic (exact) mass is 287 g/mol. The summed E-state index contributed by atoms with van der Waals surface area (Å²) in [6.07, 6.45) is 3.11. The molecule has 0 bridgehead atoms. The Kier molecular flexibility index (Phi) is 5.09. The summed E-state index contributed by atoms with van der Waals surface area (Å²) in [5, 5.41) is 0. The van der Waals surface area contributed by atoms with Crippen LogP contribution >= 0.6 is 0 Å². The average molecular weight is 287 g/mol. The van der Waals surface area contributed by atoms with Gasteiger partial charge in [-0.2, -0.15) is 0 Å². The number of aromatic nitrogens is 2. The number of nitrogens with zero attached hydrogens (tertiary/aromatic N) is 3. The average Bonchev–Trinajstić information content (AvgIpc) is 2.50. The van der Waals surface area contributed by atoms with E-state index in [0.717, 1.165) is 31.4 Å². The minimum atomic E-state index is -0.241. The van der Waals surface area contributed by atoms with E-state index >= 15 is 0 Å². The lowest BCUT2D eigenvalue weighted by molar-refractivity contribution is -0.131. The lowest BCUT2D eigenvalue weighted by Crippen LogP contribution is -2.37. The molecule has 0 saturated heterocycles. The van der Waals surface area contributed by atoms with Gasteiger partial charge in [0.25, 0.3) is 5.56 Å². The van der Waals surface area contributed by atoms with E-state index in [9.17, 15) is 9.59 Å². The predicted octanol–water partition coefficient (Wildman–Crippen LogP) is 2.05. The molecule has 0 aliphatic carbocycles. The summed E-state index contributed by atoms with van der Waals surface area (Å²) in [5.41, 5.74) is 1.18. The minimum Gasteiger partial charge on any atom is -0.341 e. The summed E-state index contributed by atoms with van der Waals surface area (Å²) in [4.78, 5) is 30.4. The summed E-state index contributed by atoms with van der Waals surface area (Å²) in [6, 6.07) is 7.37. The Hall–Kier alpha value is -2.17. The highest BCUT2D eigenvalue weighted by atomic mass is 16.2. The van der Waals surface area contributed by atoms with Crippen LogP contribution in [0.5, 0.6) is 0 Å². The van der Waals surface area contributed by atoms with Gasteiger partial charge >= 0.3 is 0 Å². The van der Waals surface area contributed by atoms with Gasteiger partial charge in [0.05, 0.1) is 17.2 Å². The molecule has 0 spiro atoms. The zero-order valence-corrected chi connectivity index (χ0v) is 12.6. The van der Waals surface area contributed by atoms with E-state index in [2.05, 4.69) is 4.98 Å². The Balaban J connectivity index is 2.32. The van der Waals surface area contributed by atoms with Crippen molar-refractivity contribution in [2.24, 2.45) is 0 Å². The molecule has 2 rings (SSSR count). The third-order valence-electron chi connectivity index (χ3n) is 3.39. The highest BCUT2D eigenvalue weighted by Gasteiger charge is 2.14. The summed E-state index contributed by atoms with van der Waals surface area (Å²) >= 11 is 0. The molecule has 0 fully saturated rings. The summed E-state index contributed by atoms with van der Waals surface area (Å²) in [5.74, 6) is -0.0165. The molecule has 0 aliphatic heterocycles. The second kappa shape index (κ2) is 7.02. The smallest absolute Gasteiger partial charge is 0.269 e. The molecular weight excluding hydrogens is 266 g/mol. The zero-order valence-electron chi connectivity index (χ0n) is 12.6. The normalized spacial score (nSPS) is 10.8. The number of carbonyl (C=O) groups excluding carboxylic acids is 1. The molecule has 1 amide bonds. The van der Waals surface area contributed by atoms with Gasteiger partial charge in [0.2, 0.25) is 5.91 Å². The fourth-order valence-corrected chi connectivity index (χ4v) is 2.41. The standard InChI is InChI=1S/C16H21N3O2/c1-3-9-18(10-4-2)16(21)12-19-14-8-6-5-7-13(14)17-11-15(19)20/h5-8,11H,3-4,9-10,12H2,1-2H3. The lowest BCUT2D eigenvalue weighted by Gasteiger charge is -2.22. The van der Waals surface area contributed by atoms with Crippen LogP contribution in [-0.4, -0.2) is 33.4 Å². The van der Waals surface area contributed by atoms with Crippen LogP contribution in [0.1, 0.15) is 26.7 Å². The van der Waals surface area contributed by atoms with E-state index in [-0.39, 0.29) is 18.0 Å². The van der Waals surface area contributed by atoms with Crippen LogP contribution in [0.2, 0.25) is 0 Å². The second-order valence-electron chi connectivity index (χ2n) is 5.05. The van der Waals surface area contributed by atoms with Crippen LogP contribution in [0.15, 0.2) is 35.3 Å². The minimum absolute atomic E-state index is 0.0165. The number of para-hydroxylation sites is 2. The van der Waals surface area contributed by atoms with Crippen LogP contribution in [0, 0.1) is 0 Å². The second-order valence-corrected chi connectivity index (χ2v) is 5.05. The fourth-order valence-electron chi connectivity index (χ4n) is 2.41. The van der Waals surface area contributed by atoms with Crippen molar-refractivity contribution in [3.05, 3.63) is 40.8 Å². The van der Waals surface area contributed by atoms with Gasteiger partial charge in [0.1, 0.15) is 6.54 Å². The highest BCUT2D eigenvalue weighted by molar-refractivity contribution is 5.80. The molecular formula is C16H21N3O2. The maximum Gasteiger partial charge on any atom is 0.269 e. The largest absolute Gasteiger partial charge is 0.341 e. The van der Waals surface area contributed by atoms with E-state index in [1.165, 1.54) is 10.8 Å². The topological polar surface area (TPSA) is 55.2 Å². The molecule has 0 N–H and O–H groups in total. The van der Waals surface area contributed by atoms with Gasteiger partial charge in [0.15, 0.2) is 0 Å². The van der Waals surface area contributed by atoms with E-state index in [1.54, 1.807) is 0 Å². The Morgan fingerprint density at radius 1 is 1.19 bits per heavy atom. The zero-order chi connectivity index (χ0) is 15.2. The van der Waals surface area contributed by atoms with Gasteiger partial charge in [-0.25, -0.2) is 4.98 Å². The molecule has 0 radical (unpaired) electrons. The van der Waals surface area contributed by atoms with Crippen LogP contribution in [0.3, 0.4) is 0 Å². The van der Waals surface area contributed by atoms with E-state index in [1.807, 2.05) is 43.0 Å². The molecule has 5 nitrogen and oxygen atoms in total. The van der Waals surface area contributed by atoms with Crippen molar-refractivity contribution in [2.45, 2.75) is 33.2 Å². The van der Waals surface area contributed by atoms with Gasteiger partial charge in [-0.1, -0.05) is 26.0 Å². The molecule has 2 aromatic rings. The van der Waals surface area contributed by atoms with Crippen molar-refractivity contribution < 1.29 is 4.79 Å². The van der Waals surface area contributed by atoms with Crippen molar-refractivity contribution in [2.75, 3.05) is 13.1 Å². The van der Waals surface area contributed by atoms with Gasteiger partial charge < -0.3 is 4.90 Å². The molecule has 5 heteroatoms. The predicted molar refractivity (Wildman–Crippen MR) is 83.2 cm³/mol. The van der Waals surface area contributed by atoms with Crippen molar-refractivity contribution in [1.29, 1.82) is 0 Å². The van der Waals surface area contributed by atoms with Crippen LogP contribution in [0.25, 0.3) is 11.0 Å². The molecule has 0 atom stereocenters. The highest BCUT2D eigenvalue weighted by Crippen LogP contribution is 2.09. The summed E-state index contributed by atoms with van der Waals surface area (Å²) in [6.45, 7) is 5.62. The van der Waals surface area contributed by atoms with Gasteiger partial charge in [0, 0.05) is 13.1 Å². The molecule has 1 aromatic heterocycles. The van der Waals surface area contributed by atoms with Gasteiger partial charge in [-0.15, -0.1) is 0 Å². The van der Waals surface area contributed by atoms with E-state index in [0.29, 0.717) is 5.52 Å². The number of carbonyl (C=O) groups is 1. The Morgan fingerprint density at radius 3 is 2.52 bits per heavy atom. The molecule has 112 valence electrons. The van der Waals surface area contributed by atoms with Crippen molar-refractivity contribution in [3.63, 3.8) is 0 Å². The van der Waals surface area contributed by atoms with Gasteiger partial charge in [-0.05, 0) is 25.0 Å². The van der Waals surface area contributed by atoms with Crippen LogP contribution in [-0.2, 0) is 11.3 Å². The first-order valence-corrected chi connectivity index (χ1v) is 7.39. The van der Waals surface area contributed by atoms with E-state index in [4.69, 9.17) is 0 Å².